The Balaban J connectivity index is 1.56. The number of likely N-dealkylation sites (tertiary alicyclic amines) is 1. The maximum atomic E-state index is 12.1. The number of fused-ring (bicyclic) bond motifs is 1. The van der Waals surface area contributed by atoms with Crippen LogP contribution in [0.1, 0.15) is 44.2 Å². The molecular formula is C19H23N3OS. The Labute approximate surface area is 146 Å². The van der Waals surface area contributed by atoms with Gasteiger partial charge in [-0.25, -0.2) is 4.98 Å². The number of nitrogens with one attached hydrogen (secondary N) is 1. The van der Waals surface area contributed by atoms with Crippen LogP contribution in [0.2, 0.25) is 0 Å². The molecule has 1 N–H and O–H groups in total. The van der Waals surface area contributed by atoms with Gasteiger partial charge in [0.2, 0.25) is 5.91 Å². The molecule has 1 amide bonds. The molecule has 5 heteroatoms. The highest BCUT2D eigenvalue weighted by Gasteiger charge is 2.38. The van der Waals surface area contributed by atoms with Gasteiger partial charge in [-0.2, -0.15) is 0 Å². The molecule has 0 radical (unpaired) electrons. The average Bonchev–Trinajstić information content (AvgIpc) is 3.01. The number of anilines is 1. The number of nitrogens with zero attached hydrogens (tertiary/aromatic N) is 2. The normalized spacial score (nSPS) is 20.1. The van der Waals surface area contributed by atoms with E-state index in [1.165, 1.54) is 9.88 Å². The first kappa shape index (κ1) is 15.8. The van der Waals surface area contributed by atoms with Crippen molar-refractivity contribution in [2.75, 3.05) is 18.4 Å². The van der Waals surface area contributed by atoms with E-state index in [2.05, 4.69) is 47.2 Å². The van der Waals surface area contributed by atoms with Gasteiger partial charge < -0.3 is 5.32 Å². The van der Waals surface area contributed by atoms with Crippen LogP contribution in [0, 0.1) is 0 Å². The first-order valence-electron chi connectivity index (χ1n) is 8.52. The second-order valence-electron chi connectivity index (χ2n) is 7.65. The number of benzene rings is 1. The van der Waals surface area contributed by atoms with E-state index >= 15 is 0 Å². The maximum Gasteiger partial charge on any atom is 0.234 e. The van der Waals surface area contributed by atoms with Crippen LogP contribution in [-0.2, 0) is 10.2 Å². The molecule has 0 aliphatic carbocycles. The summed E-state index contributed by atoms with van der Waals surface area (Å²) in [4.78, 5) is 20.4. The summed E-state index contributed by atoms with van der Waals surface area (Å²) in [7, 11) is 0. The van der Waals surface area contributed by atoms with E-state index in [9.17, 15) is 4.79 Å². The standard InChI is InChI=1S/C19H23N3OS/c1-11(2)22-9-13(10-22)17-20-8-16(24-17)12-5-6-14-15(7-12)21-18(23)19(14,3)4/h5-8,11,13H,9-10H2,1-4H3,(H,21,23). The lowest BCUT2D eigenvalue weighted by Gasteiger charge is -2.41. The Morgan fingerprint density at radius 3 is 2.79 bits per heavy atom. The Bertz CT molecular complexity index is 803. The molecule has 126 valence electrons. The van der Waals surface area contributed by atoms with Gasteiger partial charge in [-0.05, 0) is 44.9 Å². The van der Waals surface area contributed by atoms with E-state index in [4.69, 9.17) is 0 Å². The summed E-state index contributed by atoms with van der Waals surface area (Å²) < 4.78 is 0. The smallest absolute Gasteiger partial charge is 0.234 e. The number of aromatic nitrogens is 1. The molecule has 0 saturated carbocycles. The molecule has 1 saturated heterocycles. The van der Waals surface area contributed by atoms with E-state index in [-0.39, 0.29) is 5.91 Å². The van der Waals surface area contributed by atoms with Crippen molar-refractivity contribution in [1.29, 1.82) is 0 Å². The minimum Gasteiger partial charge on any atom is -0.325 e. The summed E-state index contributed by atoms with van der Waals surface area (Å²) in [5, 5.41) is 4.24. The minimum absolute atomic E-state index is 0.0721. The monoisotopic (exact) mass is 341 g/mol. The third-order valence-corrected chi connectivity index (χ3v) is 6.52. The molecule has 0 bridgehead atoms. The summed E-state index contributed by atoms with van der Waals surface area (Å²) in [6.45, 7) is 10.6. The maximum absolute atomic E-state index is 12.1. The van der Waals surface area contributed by atoms with Gasteiger partial charge in [0.05, 0.1) is 15.3 Å². The molecule has 2 aromatic rings. The van der Waals surface area contributed by atoms with Crippen molar-refractivity contribution in [3.8, 4) is 10.4 Å². The lowest BCUT2D eigenvalue weighted by atomic mass is 9.86. The molecule has 0 atom stereocenters. The van der Waals surface area contributed by atoms with Crippen molar-refractivity contribution >= 4 is 22.9 Å². The van der Waals surface area contributed by atoms with Crippen LogP contribution in [0.15, 0.2) is 24.4 Å². The highest BCUT2D eigenvalue weighted by molar-refractivity contribution is 7.15. The van der Waals surface area contributed by atoms with Crippen LogP contribution < -0.4 is 5.32 Å². The highest BCUT2D eigenvalue weighted by Crippen LogP contribution is 2.41. The number of amides is 1. The summed E-state index contributed by atoms with van der Waals surface area (Å²) >= 11 is 1.78. The van der Waals surface area contributed by atoms with Gasteiger partial charge in [-0.1, -0.05) is 12.1 Å². The van der Waals surface area contributed by atoms with Crippen molar-refractivity contribution in [1.82, 2.24) is 9.88 Å². The van der Waals surface area contributed by atoms with Gasteiger partial charge >= 0.3 is 0 Å². The third kappa shape index (κ3) is 2.38. The quantitative estimate of drug-likeness (QED) is 0.922. The SMILES string of the molecule is CC(C)N1CC(c2ncc(-c3ccc4c(c3)NC(=O)C4(C)C)s2)C1. The first-order valence-corrected chi connectivity index (χ1v) is 9.34. The van der Waals surface area contributed by atoms with Crippen molar-refractivity contribution in [2.45, 2.75) is 45.1 Å². The Hall–Kier alpha value is -1.72. The van der Waals surface area contributed by atoms with E-state index in [0.29, 0.717) is 12.0 Å². The number of thiazole rings is 1. The second kappa shape index (κ2) is 5.39. The molecule has 1 fully saturated rings. The highest BCUT2D eigenvalue weighted by atomic mass is 32.1. The number of hydrogen-bond donors (Lipinski definition) is 1. The molecular weight excluding hydrogens is 318 g/mol. The Kier molecular flexibility index (Phi) is 3.55. The summed E-state index contributed by atoms with van der Waals surface area (Å²) in [6.07, 6.45) is 1.97. The van der Waals surface area contributed by atoms with Crippen LogP contribution in [0.4, 0.5) is 5.69 Å². The molecule has 1 aromatic heterocycles. The molecule has 3 heterocycles. The Morgan fingerprint density at radius 2 is 2.08 bits per heavy atom. The van der Waals surface area contributed by atoms with E-state index in [1.54, 1.807) is 11.3 Å². The van der Waals surface area contributed by atoms with Crippen molar-refractivity contribution in [2.24, 2.45) is 0 Å². The molecule has 4 nitrogen and oxygen atoms in total. The van der Waals surface area contributed by atoms with Crippen LogP contribution in [0.25, 0.3) is 10.4 Å². The zero-order chi connectivity index (χ0) is 17.1. The zero-order valence-electron chi connectivity index (χ0n) is 14.6. The minimum atomic E-state index is -0.445. The van der Waals surface area contributed by atoms with Gasteiger partial charge in [-0.15, -0.1) is 11.3 Å². The van der Waals surface area contributed by atoms with E-state index in [1.807, 2.05) is 20.0 Å². The molecule has 2 aliphatic heterocycles. The number of carbonyl (C=O) groups is 1. The predicted molar refractivity (Wildman–Crippen MR) is 98.7 cm³/mol. The molecule has 2 aliphatic rings. The summed E-state index contributed by atoms with van der Waals surface area (Å²) in [5.41, 5.74) is 2.70. The molecule has 1 aromatic carbocycles. The van der Waals surface area contributed by atoms with Crippen molar-refractivity contribution in [3.05, 3.63) is 35.0 Å². The van der Waals surface area contributed by atoms with Crippen molar-refractivity contribution < 1.29 is 4.79 Å². The average molecular weight is 341 g/mol. The fourth-order valence-electron chi connectivity index (χ4n) is 3.45. The molecule has 4 rings (SSSR count). The van der Waals surface area contributed by atoms with Crippen LogP contribution >= 0.6 is 11.3 Å². The van der Waals surface area contributed by atoms with Gasteiger partial charge in [0.15, 0.2) is 0 Å². The zero-order valence-corrected chi connectivity index (χ0v) is 15.4. The van der Waals surface area contributed by atoms with Gasteiger partial charge in [-0.3, -0.25) is 9.69 Å². The second-order valence-corrected chi connectivity index (χ2v) is 8.71. The topological polar surface area (TPSA) is 45.2 Å². The van der Waals surface area contributed by atoms with Crippen LogP contribution in [-0.4, -0.2) is 34.9 Å². The third-order valence-electron chi connectivity index (χ3n) is 5.31. The lowest BCUT2D eigenvalue weighted by molar-refractivity contribution is -0.119. The Morgan fingerprint density at radius 1 is 1.33 bits per heavy atom. The van der Waals surface area contributed by atoms with Crippen LogP contribution in [0.3, 0.4) is 0 Å². The fraction of sp³-hybridized carbons (Fsp3) is 0.474. The largest absolute Gasteiger partial charge is 0.325 e. The number of hydrogen-bond acceptors (Lipinski definition) is 4. The lowest BCUT2D eigenvalue weighted by Crippen LogP contribution is -2.48. The predicted octanol–water partition coefficient (Wildman–Crippen LogP) is 3.85. The summed E-state index contributed by atoms with van der Waals surface area (Å²) in [5.74, 6) is 0.641. The van der Waals surface area contributed by atoms with Gasteiger partial charge in [0.25, 0.3) is 0 Å². The first-order chi connectivity index (χ1) is 11.4. The molecule has 24 heavy (non-hydrogen) atoms. The van der Waals surface area contributed by atoms with E-state index in [0.717, 1.165) is 29.9 Å². The van der Waals surface area contributed by atoms with Gasteiger partial charge in [0, 0.05) is 36.9 Å². The summed E-state index contributed by atoms with van der Waals surface area (Å²) in [6, 6.07) is 6.88. The van der Waals surface area contributed by atoms with Gasteiger partial charge in [0.1, 0.15) is 0 Å². The number of rotatable bonds is 3. The molecule has 0 unspecified atom stereocenters. The van der Waals surface area contributed by atoms with Crippen molar-refractivity contribution in [3.63, 3.8) is 0 Å². The fourth-order valence-corrected chi connectivity index (χ4v) is 4.44. The van der Waals surface area contributed by atoms with Crippen LogP contribution in [0.5, 0.6) is 0 Å². The molecule has 0 spiro atoms. The number of carbonyl (C=O) groups excluding carboxylic acids is 1. The van der Waals surface area contributed by atoms with E-state index < -0.39 is 5.41 Å².